The Balaban J connectivity index is 1.94. The number of fused-ring (bicyclic) bond motifs is 2. The minimum atomic E-state index is -0.372. The number of ether oxygens (including phenoxy) is 1. The average Bonchev–Trinajstić information content (AvgIpc) is 2.94. The third kappa shape index (κ3) is 3.11. The van der Waals surface area contributed by atoms with Crippen molar-refractivity contribution in [3.63, 3.8) is 0 Å². The number of hydrogen-bond acceptors (Lipinski definition) is 2. The minimum absolute atomic E-state index is 0.00535. The van der Waals surface area contributed by atoms with Crippen LogP contribution < -0.4 is 4.74 Å². The van der Waals surface area contributed by atoms with Crippen LogP contribution in [0.4, 0.5) is 0 Å². The van der Waals surface area contributed by atoms with Crippen LogP contribution in [-0.4, -0.2) is 5.97 Å². The van der Waals surface area contributed by atoms with Crippen molar-refractivity contribution >= 4 is 16.7 Å². The molecule has 0 saturated heterocycles. The molecule has 0 bridgehead atoms. The number of carbonyl (C=O) groups excluding carboxylic acids is 1. The Morgan fingerprint density at radius 2 is 1.46 bits per heavy atom. The number of esters is 1. The van der Waals surface area contributed by atoms with Crippen LogP contribution in [0.5, 0.6) is 5.75 Å². The molecule has 2 heteroatoms. The van der Waals surface area contributed by atoms with E-state index in [0.29, 0.717) is 0 Å². The van der Waals surface area contributed by atoms with Crippen molar-refractivity contribution in [1.82, 2.24) is 0 Å². The van der Waals surface area contributed by atoms with Crippen molar-refractivity contribution < 1.29 is 9.53 Å². The molecular formula is C26H28O2. The Morgan fingerprint density at radius 3 is 2.11 bits per heavy atom. The van der Waals surface area contributed by atoms with Gasteiger partial charge in [-0.15, -0.1) is 0 Å². The molecule has 1 aliphatic rings. The number of hydrogen-bond donors (Lipinski definition) is 0. The Hall–Kier alpha value is -2.61. The molecule has 0 saturated carbocycles. The van der Waals surface area contributed by atoms with E-state index in [1.165, 1.54) is 10.9 Å². The van der Waals surface area contributed by atoms with Gasteiger partial charge in [-0.2, -0.15) is 0 Å². The standard InChI is InChI=1S/C26H28O2/c1-25(2,3)19-14-20-22(18-12-11-16-9-7-8-10-17(16)13-18)24(27)28-23(20)21(15-19)26(4,5)6/h7-15,22H,1-6H3. The van der Waals surface area contributed by atoms with E-state index in [0.717, 1.165) is 27.8 Å². The van der Waals surface area contributed by atoms with Crippen LogP contribution in [0.15, 0.2) is 54.6 Å². The molecule has 0 aromatic heterocycles. The topological polar surface area (TPSA) is 26.3 Å². The van der Waals surface area contributed by atoms with Gasteiger partial charge in [0.1, 0.15) is 11.7 Å². The van der Waals surface area contributed by atoms with E-state index in [2.05, 4.69) is 84.0 Å². The van der Waals surface area contributed by atoms with E-state index in [1.54, 1.807) is 0 Å². The van der Waals surface area contributed by atoms with Gasteiger partial charge in [-0.1, -0.05) is 90.1 Å². The molecule has 3 aromatic carbocycles. The quantitative estimate of drug-likeness (QED) is 0.361. The van der Waals surface area contributed by atoms with E-state index >= 15 is 0 Å². The fourth-order valence-corrected chi connectivity index (χ4v) is 3.96. The van der Waals surface area contributed by atoms with Crippen LogP contribution in [0.3, 0.4) is 0 Å². The van der Waals surface area contributed by atoms with Crippen molar-refractivity contribution in [1.29, 1.82) is 0 Å². The molecule has 0 amide bonds. The maximum Gasteiger partial charge on any atom is 0.323 e. The Labute approximate surface area is 167 Å². The second-order valence-corrected chi connectivity index (χ2v) is 9.90. The highest BCUT2D eigenvalue weighted by Crippen LogP contribution is 2.47. The van der Waals surface area contributed by atoms with Crippen LogP contribution in [0.25, 0.3) is 10.8 Å². The molecule has 0 spiro atoms. The summed E-state index contributed by atoms with van der Waals surface area (Å²) in [7, 11) is 0. The van der Waals surface area contributed by atoms with Crippen molar-refractivity contribution in [3.05, 3.63) is 76.9 Å². The first-order valence-corrected chi connectivity index (χ1v) is 9.95. The lowest BCUT2D eigenvalue weighted by Gasteiger charge is -2.27. The number of benzene rings is 3. The molecule has 1 aliphatic heterocycles. The van der Waals surface area contributed by atoms with Gasteiger partial charge in [-0.3, -0.25) is 4.79 Å². The van der Waals surface area contributed by atoms with Crippen LogP contribution in [0.1, 0.15) is 69.7 Å². The fraction of sp³-hybridized carbons (Fsp3) is 0.346. The molecule has 1 atom stereocenters. The highest BCUT2D eigenvalue weighted by Gasteiger charge is 2.39. The lowest BCUT2D eigenvalue weighted by Crippen LogP contribution is -2.17. The maximum atomic E-state index is 13.0. The van der Waals surface area contributed by atoms with E-state index in [-0.39, 0.29) is 22.7 Å². The molecular weight excluding hydrogens is 344 g/mol. The van der Waals surface area contributed by atoms with Crippen LogP contribution >= 0.6 is 0 Å². The first-order chi connectivity index (χ1) is 13.1. The van der Waals surface area contributed by atoms with Gasteiger partial charge in [0, 0.05) is 11.1 Å². The summed E-state index contributed by atoms with van der Waals surface area (Å²) in [5.74, 6) is 0.202. The van der Waals surface area contributed by atoms with Gasteiger partial charge in [-0.05, 0) is 38.8 Å². The van der Waals surface area contributed by atoms with Gasteiger partial charge < -0.3 is 4.74 Å². The summed E-state index contributed by atoms with van der Waals surface area (Å²) in [5.41, 5.74) is 4.22. The number of rotatable bonds is 1. The lowest BCUT2D eigenvalue weighted by molar-refractivity contribution is -0.133. The summed E-state index contributed by atoms with van der Waals surface area (Å²) in [6, 6.07) is 18.9. The van der Waals surface area contributed by atoms with Crippen LogP contribution in [0, 0.1) is 0 Å². The summed E-state index contributed by atoms with van der Waals surface area (Å²) in [6.45, 7) is 13.2. The zero-order valence-corrected chi connectivity index (χ0v) is 17.6. The van der Waals surface area contributed by atoms with Crippen LogP contribution in [-0.2, 0) is 15.6 Å². The minimum Gasteiger partial charge on any atom is -0.425 e. The molecule has 1 heterocycles. The average molecular weight is 373 g/mol. The van der Waals surface area contributed by atoms with Gasteiger partial charge in [-0.25, -0.2) is 0 Å². The van der Waals surface area contributed by atoms with Crippen molar-refractivity contribution in [2.24, 2.45) is 0 Å². The van der Waals surface area contributed by atoms with Gasteiger partial charge in [0.25, 0.3) is 0 Å². The predicted octanol–water partition coefficient (Wildman–Crippen LogP) is 6.49. The largest absolute Gasteiger partial charge is 0.425 e. The molecule has 0 aliphatic carbocycles. The smallest absolute Gasteiger partial charge is 0.323 e. The Bertz CT molecular complexity index is 1080. The monoisotopic (exact) mass is 372 g/mol. The second-order valence-electron chi connectivity index (χ2n) is 9.90. The first-order valence-electron chi connectivity index (χ1n) is 9.95. The van der Waals surface area contributed by atoms with Crippen molar-refractivity contribution in [3.8, 4) is 5.75 Å². The summed E-state index contributed by atoms with van der Waals surface area (Å²) < 4.78 is 5.87. The van der Waals surface area contributed by atoms with Crippen molar-refractivity contribution in [2.45, 2.75) is 58.3 Å². The Kier molecular flexibility index (Phi) is 4.15. The van der Waals surface area contributed by atoms with Crippen LogP contribution in [0.2, 0.25) is 0 Å². The van der Waals surface area contributed by atoms with E-state index in [1.807, 2.05) is 12.1 Å². The summed E-state index contributed by atoms with van der Waals surface area (Å²) in [5, 5.41) is 2.32. The normalized spacial score (nSPS) is 16.9. The highest BCUT2D eigenvalue weighted by molar-refractivity contribution is 5.92. The zero-order valence-electron chi connectivity index (χ0n) is 17.6. The summed E-state index contributed by atoms with van der Waals surface area (Å²) in [4.78, 5) is 13.0. The molecule has 3 aromatic rings. The summed E-state index contributed by atoms with van der Waals surface area (Å²) in [6.07, 6.45) is 0. The maximum absolute atomic E-state index is 13.0. The molecule has 1 unspecified atom stereocenters. The summed E-state index contributed by atoms with van der Waals surface area (Å²) >= 11 is 0. The van der Waals surface area contributed by atoms with Gasteiger partial charge in [0.05, 0.1) is 0 Å². The lowest BCUT2D eigenvalue weighted by atomic mass is 9.77. The molecule has 28 heavy (non-hydrogen) atoms. The molecule has 0 radical (unpaired) electrons. The molecule has 2 nitrogen and oxygen atoms in total. The van der Waals surface area contributed by atoms with E-state index in [9.17, 15) is 4.79 Å². The fourth-order valence-electron chi connectivity index (χ4n) is 3.96. The third-order valence-corrected chi connectivity index (χ3v) is 5.65. The second kappa shape index (κ2) is 6.20. The van der Waals surface area contributed by atoms with E-state index < -0.39 is 0 Å². The van der Waals surface area contributed by atoms with Gasteiger partial charge in [0.2, 0.25) is 0 Å². The number of carbonyl (C=O) groups is 1. The molecule has 0 fully saturated rings. The predicted molar refractivity (Wildman–Crippen MR) is 115 cm³/mol. The zero-order chi connectivity index (χ0) is 20.3. The highest BCUT2D eigenvalue weighted by atomic mass is 16.5. The first kappa shape index (κ1) is 18.7. The molecule has 0 N–H and O–H groups in total. The van der Waals surface area contributed by atoms with Gasteiger partial charge in [0.15, 0.2) is 0 Å². The third-order valence-electron chi connectivity index (χ3n) is 5.65. The van der Waals surface area contributed by atoms with Crippen molar-refractivity contribution in [2.75, 3.05) is 0 Å². The Morgan fingerprint density at radius 1 is 0.786 bits per heavy atom. The van der Waals surface area contributed by atoms with Gasteiger partial charge >= 0.3 is 5.97 Å². The molecule has 144 valence electrons. The SMILES string of the molecule is CC(C)(C)c1cc2c(c(C(C)(C)C)c1)OC(=O)C2c1ccc2ccccc2c1. The molecule has 4 rings (SSSR count). The van der Waals surface area contributed by atoms with E-state index in [4.69, 9.17) is 4.74 Å².